The molecule has 0 aliphatic carbocycles. The molecule has 0 amide bonds. The van der Waals surface area contributed by atoms with Crippen LogP contribution in [0.2, 0.25) is 0 Å². The molecule has 0 heterocycles. The topological polar surface area (TPSA) is 20.2 Å². The van der Waals surface area contributed by atoms with Crippen LogP contribution in [-0.4, -0.2) is 5.11 Å². The Hall–Kier alpha value is -0.530. The van der Waals surface area contributed by atoms with Gasteiger partial charge in [-0.15, -0.1) is 0 Å². The highest BCUT2D eigenvalue weighted by atomic mass is 127. The second-order valence-corrected chi connectivity index (χ2v) is 6.16. The highest BCUT2D eigenvalue weighted by Crippen LogP contribution is 2.28. The van der Waals surface area contributed by atoms with Crippen LogP contribution < -0.4 is 0 Å². The van der Waals surface area contributed by atoms with Gasteiger partial charge < -0.3 is 5.11 Å². The van der Waals surface area contributed by atoms with Crippen molar-refractivity contribution in [3.05, 3.63) is 67.2 Å². The van der Waals surface area contributed by atoms with Gasteiger partial charge in [0.05, 0.1) is 6.10 Å². The summed E-state index contributed by atoms with van der Waals surface area (Å²) in [5.74, 6) is -1.27. The van der Waals surface area contributed by atoms with Gasteiger partial charge in [0.1, 0.15) is 11.6 Å². The maximum absolute atomic E-state index is 13.5. The largest absolute Gasteiger partial charge is 0.388 e. The maximum Gasteiger partial charge on any atom is 0.129 e. The molecule has 100 valence electrons. The zero-order valence-electron chi connectivity index (χ0n) is 9.71. The Morgan fingerprint density at radius 1 is 1.16 bits per heavy atom. The Balaban J connectivity index is 2.31. The van der Waals surface area contributed by atoms with Crippen LogP contribution in [0.3, 0.4) is 0 Å². The van der Waals surface area contributed by atoms with E-state index >= 15 is 0 Å². The monoisotopic (exact) mass is 438 g/mol. The second kappa shape index (κ2) is 6.28. The molecule has 0 aliphatic heterocycles. The van der Waals surface area contributed by atoms with Crippen molar-refractivity contribution < 1.29 is 13.9 Å². The Kier molecular flexibility index (Phi) is 4.92. The molecule has 2 aromatic carbocycles. The minimum absolute atomic E-state index is 0.0919. The number of hydrogen-bond acceptors (Lipinski definition) is 1. The summed E-state index contributed by atoms with van der Waals surface area (Å²) in [6.07, 6.45) is -1.04. The van der Waals surface area contributed by atoms with E-state index in [1.54, 1.807) is 6.07 Å². The van der Waals surface area contributed by atoms with Gasteiger partial charge in [0, 0.05) is 20.0 Å². The fourth-order valence-electron chi connectivity index (χ4n) is 1.80. The van der Waals surface area contributed by atoms with Crippen LogP contribution in [0.1, 0.15) is 17.2 Å². The molecule has 0 saturated carbocycles. The maximum atomic E-state index is 13.5. The zero-order chi connectivity index (χ0) is 14.0. The predicted molar refractivity (Wildman–Crippen MR) is 81.9 cm³/mol. The van der Waals surface area contributed by atoms with Crippen molar-refractivity contribution in [3.8, 4) is 0 Å². The van der Waals surface area contributed by atoms with Gasteiger partial charge in [-0.05, 0) is 58.5 Å². The third-order valence-electron chi connectivity index (χ3n) is 2.78. The molecular formula is C14H10BrF2IO. The fourth-order valence-corrected chi connectivity index (χ4v) is 2.87. The molecule has 0 aromatic heterocycles. The molecule has 0 bridgehead atoms. The molecule has 2 aromatic rings. The van der Waals surface area contributed by atoms with E-state index in [4.69, 9.17) is 0 Å². The Bertz CT molecular complexity index is 584. The molecule has 0 spiro atoms. The summed E-state index contributed by atoms with van der Waals surface area (Å²) in [5, 5.41) is 10.2. The van der Waals surface area contributed by atoms with E-state index in [1.165, 1.54) is 18.2 Å². The first-order valence-corrected chi connectivity index (χ1v) is 7.42. The number of aliphatic hydroxyl groups excluding tert-OH is 1. The van der Waals surface area contributed by atoms with Crippen molar-refractivity contribution in [1.82, 2.24) is 0 Å². The highest BCUT2D eigenvalue weighted by molar-refractivity contribution is 14.1. The Morgan fingerprint density at radius 2 is 1.79 bits per heavy atom. The van der Waals surface area contributed by atoms with Crippen molar-refractivity contribution in [2.24, 2.45) is 0 Å². The number of rotatable bonds is 3. The van der Waals surface area contributed by atoms with Crippen LogP contribution >= 0.6 is 38.5 Å². The first-order chi connectivity index (χ1) is 8.99. The van der Waals surface area contributed by atoms with Crippen molar-refractivity contribution in [3.63, 3.8) is 0 Å². The van der Waals surface area contributed by atoms with Crippen molar-refractivity contribution in [1.29, 1.82) is 0 Å². The van der Waals surface area contributed by atoms with E-state index in [0.717, 1.165) is 8.04 Å². The number of benzene rings is 2. The highest BCUT2D eigenvalue weighted by Gasteiger charge is 2.17. The predicted octanol–water partition coefficient (Wildman–Crippen LogP) is 4.61. The van der Waals surface area contributed by atoms with E-state index in [2.05, 4.69) is 38.5 Å². The van der Waals surface area contributed by atoms with Gasteiger partial charge in [-0.2, -0.15) is 0 Å². The molecule has 0 aliphatic rings. The van der Waals surface area contributed by atoms with E-state index in [9.17, 15) is 13.9 Å². The third kappa shape index (κ3) is 3.52. The van der Waals surface area contributed by atoms with Crippen LogP contribution in [0.15, 0.2) is 40.9 Å². The first kappa shape index (κ1) is 14.9. The van der Waals surface area contributed by atoms with E-state index in [-0.39, 0.29) is 12.0 Å². The van der Waals surface area contributed by atoms with Gasteiger partial charge in [-0.25, -0.2) is 8.78 Å². The van der Waals surface area contributed by atoms with Crippen molar-refractivity contribution in [2.75, 3.05) is 0 Å². The summed E-state index contributed by atoms with van der Waals surface area (Å²) in [4.78, 5) is 0. The quantitative estimate of drug-likeness (QED) is 0.694. The summed E-state index contributed by atoms with van der Waals surface area (Å²) >= 11 is 5.40. The van der Waals surface area contributed by atoms with Crippen LogP contribution in [-0.2, 0) is 6.42 Å². The lowest BCUT2D eigenvalue weighted by molar-refractivity contribution is 0.174. The molecule has 1 N–H and O–H groups in total. The molecule has 0 saturated heterocycles. The van der Waals surface area contributed by atoms with Crippen LogP contribution in [0, 0.1) is 15.2 Å². The van der Waals surface area contributed by atoms with Gasteiger partial charge in [0.15, 0.2) is 0 Å². The van der Waals surface area contributed by atoms with Crippen molar-refractivity contribution >= 4 is 38.5 Å². The lowest BCUT2D eigenvalue weighted by atomic mass is 10.0. The molecule has 1 nitrogen and oxygen atoms in total. The second-order valence-electron chi connectivity index (χ2n) is 4.09. The number of halogens is 4. The summed E-state index contributed by atoms with van der Waals surface area (Å²) in [7, 11) is 0. The number of hydrogen-bond donors (Lipinski definition) is 1. The Morgan fingerprint density at radius 3 is 2.42 bits per heavy atom. The van der Waals surface area contributed by atoms with Gasteiger partial charge >= 0.3 is 0 Å². The SMILES string of the molecule is OC(Cc1c(F)cccc1F)c1cc(Br)ccc1I. The summed E-state index contributed by atoms with van der Waals surface area (Å²) in [6.45, 7) is 0. The van der Waals surface area contributed by atoms with Gasteiger partial charge in [-0.3, -0.25) is 0 Å². The van der Waals surface area contributed by atoms with Crippen LogP contribution in [0.4, 0.5) is 8.78 Å². The average Bonchev–Trinajstić information content (AvgIpc) is 2.37. The first-order valence-electron chi connectivity index (χ1n) is 5.55. The minimum Gasteiger partial charge on any atom is -0.388 e. The number of aliphatic hydroxyl groups is 1. The van der Waals surface area contributed by atoms with Gasteiger partial charge in [0.25, 0.3) is 0 Å². The van der Waals surface area contributed by atoms with E-state index in [0.29, 0.717) is 5.56 Å². The molecule has 5 heteroatoms. The lowest BCUT2D eigenvalue weighted by Gasteiger charge is -2.14. The molecule has 2 rings (SSSR count). The lowest BCUT2D eigenvalue weighted by Crippen LogP contribution is -2.07. The smallest absolute Gasteiger partial charge is 0.129 e. The van der Waals surface area contributed by atoms with E-state index in [1.807, 2.05) is 12.1 Å². The zero-order valence-corrected chi connectivity index (χ0v) is 13.5. The molecule has 19 heavy (non-hydrogen) atoms. The van der Waals surface area contributed by atoms with E-state index < -0.39 is 17.7 Å². The average molecular weight is 439 g/mol. The fraction of sp³-hybridized carbons (Fsp3) is 0.143. The minimum atomic E-state index is -0.948. The summed E-state index contributed by atoms with van der Waals surface area (Å²) < 4.78 is 28.8. The molecule has 1 unspecified atom stereocenters. The molecule has 1 atom stereocenters. The van der Waals surface area contributed by atoms with Gasteiger partial charge in [-0.1, -0.05) is 22.0 Å². The molecular weight excluding hydrogens is 429 g/mol. The standard InChI is InChI=1S/C14H10BrF2IO/c15-8-4-5-13(18)10(6-8)14(19)7-9-11(16)2-1-3-12(9)17/h1-6,14,19H,7H2. The van der Waals surface area contributed by atoms with Crippen LogP contribution in [0.5, 0.6) is 0 Å². The summed E-state index contributed by atoms with van der Waals surface area (Å²) in [5.41, 5.74) is 0.559. The molecule has 0 fully saturated rings. The van der Waals surface area contributed by atoms with Crippen molar-refractivity contribution in [2.45, 2.75) is 12.5 Å². The molecule has 0 radical (unpaired) electrons. The summed E-state index contributed by atoms with van der Waals surface area (Å²) in [6, 6.07) is 9.13. The Labute approximate surface area is 131 Å². The van der Waals surface area contributed by atoms with Crippen LogP contribution in [0.25, 0.3) is 0 Å². The van der Waals surface area contributed by atoms with Gasteiger partial charge in [0.2, 0.25) is 0 Å². The normalized spacial score (nSPS) is 12.5. The third-order valence-corrected chi connectivity index (χ3v) is 4.25.